The third-order valence-electron chi connectivity index (χ3n) is 2.43. The Morgan fingerprint density at radius 1 is 1.50 bits per heavy atom. The molecule has 1 aromatic rings. The Labute approximate surface area is 101 Å². The summed E-state index contributed by atoms with van der Waals surface area (Å²) in [4.78, 5) is 0. The summed E-state index contributed by atoms with van der Waals surface area (Å²) < 4.78 is 18.9. The minimum atomic E-state index is -0.263. The van der Waals surface area contributed by atoms with E-state index in [1.54, 1.807) is 23.9 Å². The molecule has 1 atom stereocenters. The molecule has 0 aliphatic rings. The van der Waals surface area contributed by atoms with E-state index in [4.69, 9.17) is 4.74 Å². The Bertz CT molecular complexity index is 333. The molecule has 0 radical (unpaired) electrons. The van der Waals surface area contributed by atoms with Crippen LogP contribution in [-0.2, 0) is 0 Å². The zero-order valence-corrected chi connectivity index (χ0v) is 10.7. The summed E-state index contributed by atoms with van der Waals surface area (Å²) in [5.41, 5.74) is 0.669. The molecule has 1 unspecified atom stereocenters. The highest BCUT2D eigenvalue weighted by molar-refractivity contribution is 7.99. The molecule has 4 heteroatoms. The van der Waals surface area contributed by atoms with E-state index >= 15 is 0 Å². The predicted octanol–water partition coefficient (Wildman–Crippen LogP) is 2.85. The van der Waals surface area contributed by atoms with Crippen molar-refractivity contribution in [1.29, 1.82) is 0 Å². The fourth-order valence-corrected chi connectivity index (χ4v) is 2.34. The monoisotopic (exact) mass is 243 g/mol. The Kier molecular flexibility index (Phi) is 5.63. The number of methoxy groups -OCH3 is 1. The molecule has 0 amide bonds. The molecule has 1 rings (SSSR count). The van der Waals surface area contributed by atoms with E-state index in [1.165, 1.54) is 7.11 Å². The minimum absolute atomic E-state index is 0.0278. The molecule has 0 fully saturated rings. The lowest BCUT2D eigenvalue weighted by atomic mass is 10.1. The summed E-state index contributed by atoms with van der Waals surface area (Å²) in [5.74, 6) is 1.93. The normalized spacial score (nSPS) is 12.5. The van der Waals surface area contributed by atoms with Crippen LogP contribution in [0.3, 0.4) is 0 Å². The number of hydrogen-bond donors (Lipinski definition) is 1. The second kappa shape index (κ2) is 6.76. The molecule has 0 saturated carbocycles. The van der Waals surface area contributed by atoms with Crippen LogP contribution < -0.4 is 10.1 Å². The lowest BCUT2D eigenvalue weighted by molar-refractivity contribution is 0.381. The summed E-state index contributed by atoms with van der Waals surface area (Å²) in [7, 11) is 3.33. The van der Waals surface area contributed by atoms with Gasteiger partial charge in [0.2, 0.25) is 0 Å². The molecule has 90 valence electrons. The van der Waals surface area contributed by atoms with Crippen molar-refractivity contribution in [3.05, 3.63) is 29.6 Å². The molecule has 0 aliphatic carbocycles. The van der Waals surface area contributed by atoms with Gasteiger partial charge in [0.15, 0.2) is 11.6 Å². The fraction of sp³-hybridized carbons (Fsp3) is 0.500. The van der Waals surface area contributed by atoms with Crippen LogP contribution >= 0.6 is 11.8 Å². The summed E-state index contributed by atoms with van der Waals surface area (Å²) in [6.07, 6.45) is 0. The van der Waals surface area contributed by atoms with Crippen LogP contribution in [0.15, 0.2) is 18.2 Å². The van der Waals surface area contributed by atoms with Gasteiger partial charge in [0.25, 0.3) is 0 Å². The second-order valence-corrected chi connectivity index (χ2v) is 4.68. The van der Waals surface area contributed by atoms with Crippen LogP contribution in [0, 0.1) is 5.82 Å². The molecule has 0 aromatic heterocycles. The van der Waals surface area contributed by atoms with Crippen LogP contribution in [0.2, 0.25) is 0 Å². The van der Waals surface area contributed by atoms with Gasteiger partial charge in [-0.3, -0.25) is 0 Å². The first-order chi connectivity index (χ1) is 7.74. The summed E-state index contributed by atoms with van der Waals surface area (Å²) in [5, 5.41) is 3.13. The number of rotatable bonds is 6. The molecular formula is C12H18FNOS. The Morgan fingerprint density at radius 3 is 2.81 bits per heavy atom. The van der Waals surface area contributed by atoms with Crippen molar-refractivity contribution in [3.8, 4) is 5.75 Å². The topological polar surface area (TPSA) is 21.3 Å². The van der Waals surface area contributed by atoms with E-state index in [2.05, 4.69) is 12.2 Å². The number of thioether (sulfide) groups is 1. The summed E-state index contributed by atoms with van der Waals surface area (Å²) in [6, 6.07) is 5.28. The maximum atomic E-state index is 14.0. The lowest BCUT2D eigenvalue weighted by Gasteiger charge is -2.17. The van der Waals surface area contributed by atoms with Gasteiger partial charge < -0.3 is 10.1 Å². The van der Waals surface area contributed by atoms with Gasteiger partial charge in [0.05, 0.1) is 7.11 Å². The van der Waals surface area contributed by atoms with Crippen molar-refractivity contribution in [2.45, 2.75) is 13.0 Å². The zero-order chi connectivity index (χ0) is 12.0. The highest BCUT2D eigenvalue weighted by Gasteiger charge is 2.16. The molecule has 0 aliphatic heterocycles. The van der Waals surface area contributed by atoms with Gasteiger partial charge >= 0.3 is 0 Å². The second-order valence-electron chi connectivity index (χ2n) is 3.36. The van der Waals surface area contributed by atoms with E-state index in [-0.39, 0.29) is 11.9 Å². The number of halogens is 1. The molecular weight excluding hydrogens is 225 g/mol. The highest BCUT2D eigenvalue weighted by Crippen LogP contribution is 2.26. The van der Waals surface area contributed by atoms with Gasteiger partial charge in [0, 0.05) is 17.4 Å². The van der Waals surface area contributed by atoms with E-state index in [9.17, 15) is 4.39 Å². The molecule has 16 heavy (non-hydrogen) atoms. The largest absolute Gasteiger partial charge is 0.494 e. The van der Waals surface area contributed by atoms with Crippen molar-refractivity contribution in [2.24, 2.45) is 0 Å². The molecule has 2 nitrogen and oxygen atoms in total. The first kappa shape index (κ1) is 13.3. The first-order valence-corrected chi connectivity index (χ1v) is 6.47. The van der Waals surface area contributed by atoms with Gasteiger partial charge in [0.1, 0.15) is 0 Å². The van der Waals surface area contributed by atoms with E-state index in [1.807, 2.05) is 13.1 Å². The van der Waals surface area contributed by atoms with Crippen LogP contribution in [-0.4, -0.2) is 25.7 Å². The quantitative estimate of drug-likeness (QED) is 0.830. The summed E-state index contributed by atoms with van der Waals surface area (Å²) in [6.45, 7) is 2.10. The van der Waals surface area contributed by atoms with Crippen LogP contribution in [0.25, 0.3) is 0 Å². The van der Waals surface area contributed by atoms with E-state index in [0.29, 0.717) is 11.3 Å². The van der Waals surface area contributed by atoms with Gasteiger partial charge in [-0.15, -0.1) is 0 Å². The van der Waals surface area contributed by atoms with Crippen molar-refractivity contribution in [3.63, 3.8) is 0 Å². The zero-order valence-electron chi connectivity index (χ0n) is 9.92. The Morgan fingerprint density at radius 2 is 2.25 bits per heavy atom. The number of hydrogen-bond acceptors (Lipinski definition) is 3. The number of nitrogens with one attached hydrogen (secondary N) is 1. The van der Waals surface area contributed by atoms with Gasteiger partial charge in [-0.2, -0.15) is 11.8 Å². The van der Waals surface area contributed by atoms with E-state index in [0.717, 1.165) is 11.5 Å². The lowest BCUT2D eigenvalue weighted by Crippen LogP contribution is -2.20. The minimum Gasteiger partial charge on any atom is -0.494 e. The summed E-state index contributed by atoms with van der Waals surface area (Å²) >= 11 is 1.79. The third-order valence-corrected chi connectivity index (χ3v) is 3.40. The molecule has 0 spiro atoms. The Hall–Kier alpha value is -0.740. The Balaban J connectivity index is 2.91. The maximum Gasteiger partial charge on any atom is 0.169 e. The smallest absolute Gasteiger partial charge is 0.169 e. The standard InChI is InChI=1S/C12H18FNOS/c1-4-16-8-10(14-2)9-6-5-7-11(15-3)12(9)13/h5-7,10,14H,4,8H2,1-3H3. The SMILES string of the molecule is CCSCC(NC)c1cccc(OC)c1F. The van der Waals surface area contributed by atoms with Crippen molar-refractivity contribution in [2.75, 3.05) is 25.7 Å². The van der Waals surface area contributed by atoms with Crippen molar-refractivity contribution in [1.82, 2.24) is 5.32 Å². The maximum absolute atomic E-state index is 14.0. The van der Waals surface area contributed by atoms with Gasteiger partial charge in [-0.05, 0) is 18.9 Å². The highest BCUT2D eigenvalue weighted by atomic mass is 32.2. The molecule has 0 bridgehead atoms. The molecule has 1 aromatic carbocycles. The van der Waals surface area contributed by atoms with Crippen LogP contribution in [0.4, 0.5) is 4.39 Å². The van der Waals surface area contributed by atoms with Crippen LogP contribution in [0.1, 0.15) is 18.5 Å². The number of ether oxygens (including phenoxy) is 1. The first-order valence-electron chi connectivity index (χ1n) is 5.32. The molecule has 0 saturated heterocycles. The predicted molar refractivity (Wildman–Crippen MR) is 67.8 cm³/mol. The number of benzene rings is 1. The molecule has 1 N–H and O–H groups in total. The average molecular weight is 243 g/mol. The van der Waals surface area contributed by atoms with Gasteiger partial charge in [-0.25, -0.2) is 4.39 Å². The van der Waals surface area contributed by atoms with Gasteiger partial charge in [-0.1, -0.05) is 19.1 Å². The van der Waals surface area contributed by atoms with Crippen molar-refractivity contribution < 1.29 is 9.13 Å². The van der Waals surface area contributed by atoms with Crippen molar-refractivity contribution >= 4 is 11.8 Å². The third kappa shape index (κ3) is 3.12. The average Bonchev–Trinajstić information content (AvgIpc) is 2.32. The molecule has 0 heterocycles. The fourth-order valence-electron chi connectivity index (χ4n) is 1.52. The van der Waals surface area contributed by atoms with E-state index < -0.39 is 0 Å². The van der Waals surface area contributed by atoms with Crippen LogP contribution in [0.5, 0.6) is 5.75 Å².